The van der Waals surface area contributed by atoms with E-state index in [0.29, 0.717) is 5.92 Å². The smallest absolute Gasteiger partial charge is 0.196 e. The molecule has 4 heteroatoms. The largest absolute Gasteiger partial charge is 0.274 e. The van der Waals surface area contributed by atoms with E-state index in [1.807, 2.05) is 12.1 Å². The third-order valence-electron chi connectivity index (χ3n) is 5.27. The predicted molar refractivity (Wildman–Crippen MR) is 117 cm³/mol. The van der Waals surface area contributed by atoms with Crippen LogP contribution in [0.25, 0.3) is 5.69 Å². The fourth-order valence-corrected chi connectivity index (χ4v) is 4.73. The summed E-state index contributed by atoms with van der Waals surface area (Å²) in [6.45, 7) is 2.12. The predicted octanol–water partition coefficient (Wildman–Crippen LogP) is 6.14. The zero-order valence-corrected chi connectivity index (χ0v) is 17.1. The highest BCUT2D eigenvalue weighted by Crippen LogP contribution is 2.44. The Bertz CT molecular complexity index is 1080. The summed E-state index contributed by atoms with van der Waals surface area (Å²) < 4.78 is 2.24. The minimum atomic E-state index is 0.155. The molecule has 4 aromatic rings. The van der Waals surface area contributed by atoms with Crippen molar-refractivity contribution in [3.8, 4) is 5.69 Å². The zero-order valence-electron chi connectivity index (χ0n) is 16.3. The molecule has 1 atom stereocenters. The van der Waals surface area contributed by atoms with Gasteiger partial charge in [-0.15, -0.1) is 10.2 Å². The van der Waals surface area contributed by atoms with E-state index in [1.165, 1.54) is 29.5 Å². The summed E-state index contributed by atoms with van der Waals surface area (Å²) in [6.07, 6.45) is 2.39. The second kappa shape index (κ2) is 7.88. The fourth-order valence-electron chi connectivity index (χ4n) is 3.54. The number of rotatable bonds is 6. The molecule has 1 radical (unpaired) electrons. The number of hydrogen-bond donors (Lipinski definition) is 0. The maximum absolute atomic E-state index is 4.63. The molecule has 1 saturated carbocycles. The lowest BCUT2D eigenvalue weighted by Gasteiger charge is -2.18. The average Bonchev–Trinajstić information content (AvgIpc) is 3.54. The van der Waals surface area contributed by atoms with E-state index in [9.17, 15) is 0 Å². The maximum atomic E-state index is 4.63. The van der Waals surface area contributed by atoms with Gasteiger partial charge in [0.15, 0.2) is 5.16 Å². The Morgan fingerprint density at radius 1 is 0.897 bits per heavy atom. The van der Waals surface area contributed by atoms with Crippen molar-refractivity contribution < 1.29 is 0 Å². The molecular weight excluding hydrogens is 374 g/mol. The Kier molecular flexibility index (Phi) is 4.94. The summed E-state index contributed by atoms with van der Waals surface area (Å²) in [5.41, 5.74) is 4.92. The molecule has 0 amide bonds. The van der Waals surface area contributed by atoms with Crippen LogP contribution in [0.4, 0.5) is 0 Å². The minimum Gasteiger partial charge on any atom is -0.274 e. The van der Waals surface area contributed by atoms with E-state index in [1.54, 1.807) is 11.8 Å². The number of aryl methyl sites for hydroxylation is 1. The highest BCUT2D eigenvalue weighted by Gasteiger charge is 2.32. The van der Waals surface area contributed by atoms with Crippen LogP contribution in [0.15, 0.2) is 84.0 Å². The summed E-state index contributed by atoms with van der Waals surface area (Å²) in [5, 5.41) is 10.3. The fraction of sp³-hybridized carbons (Fsp3) is 0.200. The first-order valence-corrected chi connectivity index (χ1v) is 10.9. The number of aromatic nitrogens is 3. The van der Waals surface area contributed by atoms with Gasteiger partial charge in [0.1, 0.15) is 5.82 Å². The van der Waals surface area contributed by atoms with Crippen molar-refractivity contribution in [3.05, 3.63) is 107 Å². The van der Waals surface area contributed by atoms with Crippen molar-refractivity contribution in [3.63, 3.8) is 0 Å². The standard InChI is InChI=1S/C25H22N3S/c1-18-12-14-20(15-13-18)23(19-8-4-2-5-9-19)29-25-27-26-24(21-16-17-21)28(25)22-10-6-3-7-11-22/h2,4-15,21,23H,16-17H2,1H3. The second-order valence-electron chi connectivity index (χ2n) is 7.53. The van der Waals surface area contributed by atoms with Crippen molar-refractivity contribution in [2.45, 2.75) is 36.1 Å². The van der Waals surface area contributed by atoms with E-state index in [0.717, 1.165) is 16.7 Å². The van der Waals surface area contributed by atoms with Crippen molar-refractivity contribution in [2.75, 3.05) is 0 Å². The van der Waals surface area contributed by atoms with Crippen LogP contribution >= 0.6 is 11.8 Å². The average molecular weight is 397 g/mol. The number of benzene rings is 3. The van der Waals surface area contributed by atoms with Gasteiger partial charge in [-0.05, 0) is 49.1 Å². The number of nitrogens with zero attached hydrogens (tertiary/aromatic N) is 3. The molecule has 1 aromatic heterocycles. The Hall–Kier alpha value is -2.85. The van der Waals surface area contributed by atoms with Crippen LogP contribution in [0.1, 0.15) is 46.5 Å². The molecule has 1 unspecified atom stereocenters. The number of thioether (sulfide) groups is 1. The van der Waals surface area contributed by atoms with E-state index < -0.39 is 0 Å². The zero-order chi connectivity index (χ0) is 19.6. The van der Waals surface area contributed by atoms with Gasteiger partial charge in [0, 0.05) is 11.6 Å². The molecule has 1 aliphatic carbocycles. The summed E-state index contributed by atoms with van der Waals surface area (Å²) in [5.74, 6) is 1.60. The van der Waals surface area contributed by atoms with Crippen molar-refractivity contribution >= 4 is 11.8 Å². The van der Waals surface area contributed by atoms with Gasteiger partial charge < -0.3 is 0 Å². The highest BCUT2D eigenvalue weighted by molar-refractivity contribution is 7.99. The SMILES string of the molecule is Cc1ccc(C(Sc2nnc(C3CC3)n2-c2cc[c]cc2)c2ccccc2)cc1. The van der Waals surface area contributed by atoms with Crippen LogP contribution in [-0.2, 0) is 0 Å². The third kappa shape index (κ3) is 3.85. The van der Waals surface area contributed by atoms with E-state index >= 15 is 0 Å². The van der Waals surface area contributed by atoms with E-state index in [2.05, 4.69) is 94.5 Å². The summed E-state index contributed by atoms with van der Waals surface area (Å²) in [6, 6.07) is 30.6. The molecule has 5 rings (SSSR count). The van der Waals surface area contributed by atoms with Gasteiger partial charge >= 0.3 is 0 Å². The van der Waals surface area contributed by atoms with Crippen LogP contribution in [0.2, 0.25) is 0 Å². The Morgan fingerprint density at radius 3 is 2.28 bits per heavy atom. The quantitative estimate of drug-likeness (QED) is 0.367. The molecule has 1 heterocycles. The topological polar surface area (TPSA) is 30.7 Å². The number of hydrogen-bond acceptors (Lipinski definition) is 3. The molecule has 1 aliphatic rings. The molecule has 29 heavy (non-hydrogen) atoms. The van der Waals surface area contributed by atoms with Gasteiger partial charge in [-0.3, -0.25) is 4.57 Å². The highest BCUT2D eigenvalue weighted by atomic mass is 32.2. The van der Waals surface area contributed by atoms with Crippen LogP contribution in [0, 0.1) is 13.0 Å². The molecule has 0 saturated heterocycles. The summed E-state index contributed by atoms with van der Waals surface area (Å²) >= 11 is 1.77. The van der Waals surface area contributed by atoms with Crippen LogP contribution in [0.3, 0.4) is 0 Å². The van der Waals surface area contributed by atoms with Crippen molar-refractivity contribution in [1.82, 2.24) is 14.8 Å². The van der Waals surface area contributed by atoms with Crippen LogP contribution in [-0.4, -0.2) is 14.8 Å². The van der Waals surface area contributed by atoms with Gasteiger partial charge in [-0.25, -0.2) is 0 Å². The van der Waals surface area contributed by atoms with E-state index in [-0.39, 0.29) is 5.25 Å². The molecule has 3 nitrogen and oxygen atoms in total. The Balaban J connectivity index is 1.58. The molecule has 143 valence electrons. The van der Waals surface area contributed by atoms with E-state index in [4.69, 9.17) is 0 Å². The summed E-state index contributed by atoms with van der Waals surface area (Å²) in [4.78, 5) is 0. The van der Waals surface area contributed by atoms with Crippen molar-refractivity contribution in [2.24, 2.45) is 0 Å². The second-order valence-corrected chi connectivity index (χ2v) is 8.60. The third-order valence-corrected chi connectivity index (χ3v) is 6.52. The first-order chi connectivity index (χ1) is 14.3. The Morgan fingerprint density at radius 2 is 1.59 bits per heavy atom. The lowest BCUT2D eigenvalue weighted by Crippen LogP contribution is -2.04. The van der Waals surface area contributed by atoms with Crippen LogP contribution in [0.5, 0.6) is 0 Å². The normalized spacial score (nSPS) is 14.7. The van der Waals surface area contributed by atoms with Gasteiger partial charge in [0.05, 0.1) is 5.25 Å². The molecule has 0 bridgehead atoms. The van der Waals surface area contributed by atoms with Gasteiger partial charge in [0.2, 0.25) is 0 Å². The van der Waals surface area contributed by atoms with Gasteiger partial charge in [-0.1, -0.05) is 84.1 Å². The maximum Gasteiger partial charge on any atom is 0.196 e. The lowest BCUT2D eigenvalue weighted by atomic mass is 10.0. The molecule has 3 aromatic carbocycles. The van der Waals surface area contributed by atoms with Crippen molar-refractivity contribution in [1.29, 1.82) is 0 Å². The molecular formula is C25H22N3S. The van der Waals surface area contributed by atoms with Gasteiger partial charge in [0.25, 0.3) is 0 Å². The monoisotopic (exact) mass is 396 g/mol. The minimum absolute atomic E-state index is 0.155. The molecule has 0 aliphatic heterocycles. The lowest BCUT2D eigenvalue weighted by molar-refractivity contribution is 0.827. The first-order valence-electron chi connectivity index (χ1n) is 9.99. The molecule has 0 spiro atoms. The first kappa shape index (κ1) is 18.2. The summed E-state index contributed by atoms with van der Waals surface area (Å²) in [7, 11) is 0. The molecule has 1 fully saturated rings. The van der Waals surface area contributed by atoms with Crippen LogP contribution < -0.4 is 0 Å². The van der Waals surface area contributed by atoms with Gasteiger partial charge in [-0.2, -0.15) is 0 Å². The Labute approximate surface area is 175 Å². The molecule has 0 N–H and O–H groups in total.